The highest BCUT2D eigenvalue weighted by molar-refractivity contribution is 5.76. The van der Waals surface area contributed by atoms with Crippen molar-refractivity contribution in [2.45, 2.75) is 46.1 Å². The van der Waals surface area contributed by atoms with Crippen LogP contribution < -0.4 is 5.73 Å². The van der Waals surface area contributed by atoms with Gasteiger partial charge in [0.15, 0.2) is 0 Å². The first-order chi connectivity index (χ1) is 8.43. The number of amides is 1. The van der Waals surface area contributed by atoms with Crippen LogP contribution in [0, 0.1) is 17.8 Å². The summed E-state index contributed by atoms with van der Waals surface area (Å²) in [4.78, 5) is 14.0. The number of nitrogens with two attached hydrogens (primary N) is 1. The van der Waals surface area contributed by atoms with Crippen LogP contribution in [0.4, 0.5) is 0 Å². The highest BCUT2D eigenvalue weighted by atomic mass is 16.3. The Kier molecular flexibility index (Phi) is 6.09. The summed E-state index contributed by atoms with van der Waals surface area (Å²) in [5.74, 6) is 1.32. The molecule has 1 amide bonds. The lowest BCUT2D eigenvalue weighted by atomic mass is 9.94. The minimum atomic E-state index is -0.316. The molecule has 2 unspecified atom stereocenters. The predicted molar refractivity (Wildman–Crippen MR) is 73.0 cm³/mol. The van der Waals surface area contributed by atoms with Crippen LogP contribution in [0.2, 0.25) is 0 Å². The van der Waals surface area contributed by atoms with Crippen LogP contribution in [-0.4, -0.2) is 41.7 Å². The fourth-order valence-corrected chi connectivity index (χ4v) is 2.71. The van der Waals surface area contributed by atoms with Crippen molar-refractivity contribution < 1.29 is 9.90 Å². The molecule has 18 heavy (non-hydrogen) atoms. The molecule has 0 aromatic heterocycles. The molecule has 3 atom stereocenters. The van der Waals surface area contributed by atoms with Crippen LogP contribution in [0.5, 0.6) is 0 Å². The van der Waals surface area contributed by atoms with Gasteiger partial charge in [-0.3, -0.25) is 4.79 Å². The second kappa shape index (κ2) is 7.10. The number of carbonyl (C=O) groups excluding carboxylic acids is 1. The van der Waals surface area contributed by atoms with Crippen LogP contribution >= 0.6 is 0 Å². The average molecular weight is 256 g/mol. The lowest BCUT2D eigenvalue weighted by molar-refractivity contribution is -0.131. The summed E-state index contributed by atoms with van der Waals surface area (Å²) >= 11 is 0. The standard InChI is InChI=1S/C14H28N2O2/c1-10(2)6-12(8-15)7-14(18)16-5-4-13(9-16)11(3)17/h10-13,17H,4-9,15H2,1-3H3/t11?,12-,13?/m0/s1. The molecule has 1 fully saturated rings. The third-order valence-corrected chi connectivity index (χ3v) is 3.86. The molecular formula is C14H28N2O2. The third kappa shape index (κ3) is 4.58. The van der Waals surface area contributed by atoms with E-state index in [2.05, 4.69) is 13.8 Å². The van der Waals surface area contributed by atoms with E-state index in [0.29, 0.717) is 31.3 Å². The van der Waals surface area contributed by atoms with Crippen molar-refractivity contribution in [2.24, 2.45) is 23.5 Å². The van der Waals surface area contributed by atoms with Crippen LogP contribution in [0.15, 0.2) is 0 Å². The lowest BCUT2D eigenvalue weighted by Crippen LogP contribution is -2.33. The molecule has 0 saturated carbocycles. The number of aliphatic hydroxyl groups is 1. The van der Waals surface area contributed by atoms with Gasteiger partial charge in [-0.2, -0.15) is 0 Å². The van der Waals surface area contributed by atoms with Crippen LogP contribution in [0.3, 0.4) is 0 Å². The predicted octanol–water partition coefficient (Wildman–Crippen LogP) is 1.23. The number of aliphatic hydroxyl groups excluding tert-OH is 1. The van der Waals surface area contributed by atoms with Gasteiger partial charge in [-0.1, -0.05) is 13.8 Å². The summed E-state index contributed by atoms with van der Waals surface area (Å²) in [6.07, 6.45) is 2.17. The normalized spacial score (nSPS) is 23.4. The summed E-state index contributed by atoms with van der Waals surface area (Å²) < 4.78 is 0. The van der Waals surface area contributed by atoms with Gasteiger partial charge in [-0.25, -0.2) is 0 Å². The lowest BCUT2D eigenvalue weighted by Gasteiger charge is -2.22. The number of carbonyl (C=O) groups is 1. The van der Waals surface area contributed by atoms with Gasteiger partial charge in [0.1, 0.15) is 0 Å². The van der Waals surface area contributed by atoms with Gasteiger partial charge < -0.3 is 15.7 Å². The van der Waals surface area contributed by atoms with E-state index in [0.717, 1.165) is 19.4 Å². The van der Waals surface area contributed by atoms with E-state index in [1.165, 1.54) is 0 Å². The van der Waals surface area contributed by atoms with Crippen molar-refractivity contribution in [2.75, 3.05) is 19.6 Å². The highest BCUT2D eigenvalue weighted by Crippen LogP contribution is 2.22. The Hall–Kier alpha value is -0.610. The Bertz CT molecular complexity index is 267. The summed E-state index contributed by atoms with van der Waals surface area (Å²) in [6, 6.07) is 0. The number of hydrogen-bond donors (Lipinski definition) is 2. The molecule has 3 N–H and O–H groups in total. The third-order valence-electron chi connectivity index (χ3n) is 3.86. The molecule has 1 saturated heterocycles. The fraction of sp³-hybridized carbons (Fsp3) is 0.929. The molecule has 1 rings (SSSR count). The number of rotatable bonds is 6. The quantitative estimate of drug-likeness (QED) is 0.751. The van der Waals surface area contributed by atoms with E-state index < -0.39 is 0 Å². The van der Waals surface area contributed by atoms with Gasteiger partial charge in [0, 0.05) is 25.4 Å². The molecule has 0 radical (unpaired) electrons. The maximum Gasteiger partial charge on any atom is 0.222 e. The first kappa shape index (κ1) is 15.4. The van der Waals surface area contributed by atoms with E-state index >= 15 is 0 Å². The molecule has 0 aromatic carbocycles. The Morgan fingerprint density at radius 2 is 2.11 bits per heavy atom. The smallest absolute Gasteiger partial charge is 0.222 e. The van der Waals surface area contributed by atoms with E-state index in [9.17, 15) is 9.90 Å². The van der Waals surface area contributed by atoms with E-state index in [-0.39, 0.29) is 17.9 Å². The van der Waals surface area contributed by atoms with Crippen LogP contribution in [0.1, 0.15) is 40.0 Å². The topological polar surface area (TPSA) is 66.6 Å². The maximum absolute atomic E-state index is 12.2. The molecule has 4 heteroatoms. The second-order valence-corrected chi connectivity index (χ2v) is 6.06. The zero-order chi connectivity index (χ0) is 13.7. The van der Waals surface area contributed by atoms with Crippen LogP contribution in [-0.2, 0) is 4.79 Å². The summed E-state index contributed by atoms with van der Waals surface area (Å²) in [5, 5.41) is 9.54. The minimum Gasteiger partial charge on any atom is -0.393 e. The zero-order valence-corrected chi connectivity index (χ0v) is 11.9. The molecule has 4 nitrogen and oxygen atoms in total. The Morgan fingerprint density at radius 1 is 1.44 bits per heavy atom. The minimum absolute atomic E-state index is 0.203. The van der Waals surface area contributed by atoms with Gasteiger partial charge in [-0.15, -0.1) is 0 Å². The average Bonchev–Trinajstić information content (AvgIpc) is 2.76. The number of hydrogen-bond acceptors (Lipinski definition) is 3. The van der Waals surface area contributed by atoms with Crippen molar-refractivity contribution in [3.63, 3.8) is 0 Å². The SMILES string of the molecule is CC(C)C[C@H](CN)CC(=O)N1CCC(C(C)O)C1. The monoisotopic (exact) mass is 256 g/mol. The number of nitrogens with zero attached hydrogens (tertiary/aromatic N) is 1. The summed E-state index contributed by atoms with van der Waals surface area (Å²) in [5.41, 5.74) is 5.73. The van der Waals surface area contributed by atoms with Crippen molar-refractivity contribution in [3.8, 4) is 0 Å². The Labute approximate surface area is 111 Å². The van der Waals surface area contributed by atoms with Crippen molar-refractivity contribution in [1.82, 2.24) is 4.90 Å². The molecule has 1 heterocycles. The Morgan fingerprint density at radius 3 is 2.56 bits per heavy atom. The van der Waals surface area contributed by atoms with E-state index in [1.54, 1.807) is 6.92 Å². The number of likely N-dealkylation sites (tertiary alicyclic amines) is 1. The van der Waals surface area contributed by atoms with Crippen molar-refractivity contribution in [3.05, 3.63) is 0 Å². The summed E-state index contributed by atoms with van der Waals surface area (Å²) in [7, 11) is 0. The largest absolute Gasteiger partial charge is 0.393 e. The molecule has 0 aliphatic carbocycles. The molecule has 1 aliphatic heterocycles. The molecular weight excluding hydrogens is 228 g/mol. The van der Waals surface area contributed by atoms with Gasteiger partial charge in [0.2, 0.25) is 5.91 Å². The first-order valence-electron chi connectivity index (χ1n) is 7.10. The van der Waals surface area contributed by atoms with E-state index in [1.807, 2.05) is 4.90 Å². The van der Waals surface area contributed by atoms with Crippen molar-refractivity contribution in [1.29, 1.82) is 0 Å². The van der Waals surface area contributed by atoms with Gasteiger partial charge >= 0.3 is 0 Å². The molecule has 106 valence electrons. The summed E-state index contributed by atoms with van der Waals surface area (Å²) in [6.45, 7) is 8.19. The van der Waals surface area contributed by atoms with Gasteiger partial charge in [0.05, 0.1) is 6.10 Å². The zero-order valence-electron chi connectivity index (χ0n) is 11.9. The first-order valence-corrected chi connectivity index (χ1v) is 7.10. The fourth-order valence-electron chi connectivity index (χ4n) is 2.71. The molecule has 0 aromatic rings. The molecule has 1 aliphatic rings. The molecule has 0 spiro atoms. The highest BCUT2D eigenvalue weighted by Gasteiger charge is 2.29. The van der Waals surface area contributed by atoms with Crippen molar-refractivity contribution >= 4 is 5.91 Å². The van der Waals surface area contributed by atoms with Crippen LogP contribution in [0.25, 0.3) is 0 Å². The maximum atomic E-state index is 12.2. The molecule has 0 bridgehead atoms. The van der Waals surface area contributed by atoms with Gasteiger partial charge in [0.25, 0.3) is 0 Å². The Balaban J connectivity index is 2.41. The van der Waals surface area contributed by atoms with E-state index in [4.69, 9.17) is 5.73 Å². The van der Waals surface area contributed by atoms with Gasteiger partial charge in [-0.05, 0) is 38.1 Å². The second-order valence-electron chi connectivity index (χ2n) is 6.06.